The van der Waals surface area contributed by atoms with Gasteiger partial charge in [0.2, 0.25) is 0 Å². The predicted octanol–water partition coefficient (Wildman–Crippen LogP) is 4.20. The fourth-order valence-electron chi connectivity index (χ4n) is 3.31. The van der Waals surface area contributed by atoms with Gasteiger partial charge in [0.05, 0.1) is 26.0 Å². The molecule has 1 aliphatic heterocycles. The summed E-state index contributed by atoms with van der Waals surface area (Å²) in [6.07, 6.45) is 1.50. The summed E-state index contributed by atoms with van der Waals surface area (Å²) in [5.74, 6) is 0.272. The van der Waals surface area contributed by atoms with E-state index in [9.17, 15) is 10.1 Å². The normalized spacial score (nSPS) is 14.0. The van der Waals surface area contributed by atoms with E-state index in [4.69, 9.17) is 9.47 Å². The largest absolute Gasteiger partial charge is 0.497 e. The molecule has 32 heavy (non-hydrogen) atoms. The quantitative estimate of drug-likeness (QED) is 0.451. The molecule has 4 rings (SSSR count). The van der Waals surface area contributed by atoms with Crippen LogP contribution < -0.4 is 15.0 Å². The number of hydrogen-bond acceptors (Lipinski definition) is 7. The second kappa shape index (κ2) is 10.1. The average Bonchev–Trinajstić information content (AvgIpc) is 3.32. The number of carbonyl (C=O) groups is 1. The van der Waals surface area contributed by atoms with Crippen LogP contribution in [0.2, 0.25) is 0 Å². The topological polar surface area (TPSA) is 87.5 Å². The van der Waals surface area contributed by atoms with Crippen molar-refractivity contribution in [2.75, 3.05) is 43.6 Å². The Kier molecular flexibility index (Phi) is 6.80. The Morgan fingerprint density at radius 2 is 2.03 bits per heavy atom. The molecule has 0 radical (unpaired) electrons. The van der Waals surface area contributed by atoms with Gasteiger partial charge in [-0.2, -0.15) is 5.26 Å². The Morgan fingerprint density at radius 3 is 2.75 bits per heavy atom. The van der Waals surface area contributed by atoms with E-state index in [2.05, 4.69) is 15.2 Å². The van der Waals surface area contributed by atoms with Crippen LogP contribution in [0.1, 0.15) is 5.69 Å². The minimum atomic E-state index is -0.470. The van der Waals surface area contributed by atoms with Crippen molar-refractivity contribution in [1.82, 2.24) is 4.98 Å². The molecule has 0 bridgehead atoms. The van der Waals surface area contributed by atoms with Gasteiger partial charge in [0.15, 0.2) is 0 Å². The molecule has 2 heterocycles. The highest BCUT2D eigenvalue weighted by Gasteiger charge is 2.14. The molecule has 0 unspecified atom stereocenters. The number of nitriles is 1. The number of rotatable bonds is 6. The summed E-state index contributed by atoms with van der Waals surface area (Å²) < 4.78 is 10.6. The molecule has 2 aromatic carbocycles. The van der Waals surface area contributed by atoms with Crippen LogP contribution in [-0.2, 0) is 9.53 Å². The number of anilines is 2. The molecule has 162 valence electrons. The van der Waals surface area contributed by atoms with Gasteiger partial charge in [0.25, 0.3) is 5.91 Å². The number of ether oxygens (including phenoxy) is 2. The molecule has 3 aromatic rings. The van der Waals surface area contributed by atoms with Crippen LogP contribution in [0.3, 0.4) is 0 Å². The van der Waals surface area contributed by atoms with Gasteiger partial charge in [-0.05, 0) is 42.5 Å². The molecule has 7 nitrogen and oxygen atoms in total. The highest BCUT2D eigenvalue weighted by molar-refractivity contribution is 7.13. The number of nitrogens with zero attached hydrogens (tertiary/aromatic N) is 3. The van der Waals surface area contributed by atoms with Crippen LogP contribution in [0.5, 0.6) is 5.75 Å². The van der Waals surface area contributed by atoms with Gasteiger partial charge in [-0.25, -0.2) is 4.98 Å². The number of hydrogen-bond donors (Lipinski definition) is 1. The van der Waals surface area contributed by atoms with Crippen molar-refractivity contribution in [1.29, 1.82) is 5.26 Å². The zero-order chi connectivity index (χ0) is 22.3. The second-order valence-corrected chi connectivity index (χ2v) is 7.94. The van der Waals surface area contributed by atoms with E-state index >= 15 is 0 Å². The summed E-state index contributed by atoms with van der Waals surface area (Å²) in [6, 6.07) is 17.1. The number of carbonyl (C=O) groups excluding carboxylic acids is 1. The molecule has 1 amide bonds. The molecule has 1 fully saturated rings. The SMILES string of the molecule is COc1cccc(-c2nc(/C=C(/C#N)C(=O)Nc3ccc(N4CCOCC4)cc3)cs2)c1. The standard InChI is InChI=1S/C24H22N4O3S/c1-30-22-4-2-3-17(14-22)24-27-20(16-32-24)13-18(15-25)23(29)26-19-5-7-21(8-6-19)28-9-11-31-12-10-28/h2-8,13-14,16H,9-12H2,1H3,(H,26,29)/b18-13-. The van der Waals surface area contributed by atoms with E-state index < -0.39 is 5.91 Å². The first-order valence-electron chi connectivity index (χ1n) is 10.1. The van der Waals surface area contributed by atoms with Crippen LogP contribution >= 0.6 is 11.3 Å². The number of amides is 1. The molecule has 1 aliphatic rings. The lowest BCUT2D eigenvalue weighted by molar-refractivity contribution is -0.112. The van der Waals surface area contributed by atoms with Gasteiger partial charge in [0, 0.05) is 35.4 Å². The monoisotopic (exact) mass is 446 g/mol. The summed E-state index contributed by atoms with van der Waals surface area (Å²) in [5, 5.41) is 14.9. The first kappa shape index (κ1) is 21.6. The third-order valence-corrected chi connectivity index (χ3v) is 5.91. The number of nitrogens with one attached hydrogen (secondary N) is 1. The highest BCUT2D eigenvalue weighted by atomic mass is 32.1. The lowest BCUT2D eigenvalue weighted by Crippen LogP contribution is -2.36. The molecule has 1 N–H and O–H groups in total. The Morgan fingerprint density at radius 1 is 1.25 bits per heavy atom. The second-order valence-electron chi connectivity index (χ2n) is 7.08. The molecule has 0 aliphatic carbocycles. The number of benzene rings is 2. The number of aromatic nitrogens is 1. The maximum absolute atomic E-state index is 12.6. The van der Waals surface area contributed by atoms with Gasteiger partial charge in [0.1, 0.15) is 22.4 Å². The van der Waals surface area contributed by atoms with Crippen LogP contribution in [0.4, 0.5) is 11.4 Å². The third kappa shape index (κ3) is 5.14. The van der Waals surface area contributed by atoms with E-state index in [1.165, 1.54) is 17.4 Å². The summed E-state index contributed by atoms with van der Waals surface area (Å²) in [7, 11) is 1.61. The summed E-state index contributed by atoms with van der Waals surface area (Å²) in [4.78, 5) is 19.4. The van der Waals surface area contributed by atoms with Gasteiger partial charge >= 0.3 is 0 Å². The lowest BCUT2D eigenvalue weighted by Gasteiger charge is -2.28. The van der Waals surface area contributed by atoms with Gasteiger partial charge in [-0.15, -0.1) is 11.3 Å². The minimum absolute atomic E-state index is 0.00949. The first-order chi connectivity index (χ1) is 15.7. The lowest BCUT2D eigenvalue weighted by atomic mass is 10.2. The van der Waals surface area contributed by atoms with Crippen molar-refractivity contribution < 1.29 is 14.3 Å². The van der Waals surface area contributed by atoms with Crippen LogP contribution in [0.25, 0.3) is 16.6 Å². The summed E-state index contributed by atoms with van der Waals surface area (Å²) >= 11 is 1.44. The fourth-order valence-corrected chi connectivity index (χ4v) is 4.09. The molecular weight excluding hydrogens is 424 g/mol. The van der Waals surface area contributed by atoms with Crippen molar-refractivity contribution in [3.63, 3.8) is 0 Å². The molecule has 8 heteroatoms. The van der Waals surface area contributed by atoms with E-state index in [-0.39, 0.29) is 5.57 Å². The van der Waals surface area contributed by atoms with E-state index in [1.54, 1.807) is 7.11 Å². The van der Waals surface area contributed by atoms with Crippen molar-refractivity contribution in [2.24, 2.45) is 0 Å². The Balaban J connectivity index is 1.44. The molecule has 1 aromatic heterocycles. The highest BCUT2D eigenvalue weighted by Crippen LogP contribution is 2.27. The minimum Gasteiger partial charge on any atom is -0.497 e. The van der Waals surface area contributed by atoms with E-state index in [0.717, 1.165) is 35.1 Å². The molecular formula is C24H22N4O3S. The maximum Gasteiger partial charge on any atom is 0.266 e. The summed E-state index contributed by atoms with van der Waals surface area (Å²) in [6.45, 7) is 3.12. The van der Waals surface area contributed by atoms with Crippen molar-refractivity contribution >= 4 is 34.7 Å². The number of morpholine rings is 1. The molecule has 0 spiro atoms. The summed E-state index contributed by atoms with van der Waals surface area (Å²) in [5.41, 5.74) is 3.17. The van der Waals surface area contributed by atoms with Crippen molar-refractivity contribution in [3.05, 3.63) is 65.2 Å². The van der Waals surface area contributed by atoms with Crippen LogP contribution in [0, 0.1) is 11.3 Å². The zero-order valence-electron chi connectivity index (χ0n) is 17.6. The predicted molar refractivity (Wildman–Crippen MR) is 126 cm³/mol. The van der Waals surface area contributed by atoms with E-state index in [0.29, 0.717) is 24.6 Å². The number of thiazole rings is 1. The maximum atomic E-state index is 12.6. The fraction of sp³-hybridized carbons (Fsp3) is 0.208. The van der Waals surface area contributed by atoms with Gasteiger partial charge < -0.3 is 19.7 Å². The van der Waals surface area contributed by atoms with Crippen molar-refractivity contribution in [3.8, 4) is 22.4 Å². The molecule has 0 atom stereocenters. The Bertz CT molecular complexity index is 1160. The zero-order valence-corrected chi connectivity index (χ0v) is 18.4. The third-order valence-electron chi connectivity index (χ3n) is 5.00. The Hall–Kier alpha value is -3.67. The first-order valence-corrected chi connectivity index (χ1v) is 11.0. The smallest absolute Gasteiger partial charge is 0.266 e. The van der Waals surface area contributed by atoms with Gasteiger partial charge in [-0.1, -0.05) is 12.1 Å². The molecule has 0 saturated carbocycles. The van der Waals surface area contributed by atoms with Gasteiger partial charge in [-0.3, -0.25) is 4.79 Å². The van der Waals surface area contributed by atoms with Crippen LogP contribution in [-0.4, -0.2) is 44.3 Å². The van der Waals surface area contributed by atoms with Crippen molar-refractivity contribution in [2.45, 2.75) is 0 Å². The Labute approximate surface area is 190 Å². The van der Waals surface area contributed by atoms with E-state index in [1.807, 2.05) is 60.0 Å². The average molecular weight is 447 g/mol. The van der Waals surface area contributed by atoms with Crippen LogP contribution in [0.15, 0.2) is 59.5 Å². The number of methoxy groups -OCH3 is 1. The molecule has 1 saturated heterocycles.